The highest BCUT2D eigenvalue weighted by Crippen LogP contribution is 2.04. The normalized spacial score (nSPS) is 14.8. The number of hydrogen-bond acceptors (Lipinski definition) is 4. The number of primary amides is 1. The zero-order chi connectivity index (χ0) is 15.9. The van der Waals surface area contributed by atoms with E-state index in [1.54, 1.807) is 12.2 Å². The third-order valence-corrected chi connectivity index (χ3v) is 2.90. The lowest BCUT2D eigenvalue weighted by molar-refractivity contribution is -0.118. The molecular formula is C16H29NO4. The molecule has 0 radical (unpaired) electrons. The van der Waals surface area contributed by atoms with Gasteiger partial charge in [-0.15, -0.1) is 0 Å². The van der Waals surface area contributed by atoms with Gasteiger partial charge in [0, 0.05) is 26.1 Å². The number of ether oxygens (including phenoxy) is 1. The minimum Gasteiger partial charge on any atom is -0.389 e. The van der Waals surface area contributed by atoms with Gasteiger partial charge in [0.25, 0.3) is 0 Å². The molecule has 0 bridgehead atoms. The number of allylic oxidation sites excluding steroid dienone is 2. The number of nitrogens with two attached hydrogens (primary N) is 1. The molecule has 0 aliphatic rings. The van der Waals surface area contributed by atoms with E-state index < -0.39 is 12.2 Å². The van der Waals surface area contributed by atoms with Gasteiger partial charge in [0.1, 0.15) is 0 Å². The lowest BCUT2D eigenvalue weighted by atomic mass is 10.1. The number of amides is 1. The molecule has 5 heteroatoms. The van der Waals surface area contributed by atoms with E-state index in [1.807, 2.05) is 19.1 Å². The Bertz CT molecular complexity index is 315. The minimum atomic E-state index is -0.523. The summed E-state index contributed by atoms with van der Waals surface area (Å²) in [5.74, 6) is -0.334. The number of rotatable bonds is 13. The van der Waals surface area contributed by atoms with Crippen molar-refractivity contribution in [2.75, 3.05) is 13.2 Å². The molecule has 122 valence electrons. The number of carbonyl (C=O) groups is 1. The topological polar surface area (TPSA) is 92.8 Å². The molecule has 0 aliphatic carbocycles. The highest BCUT2D eigenvalue weighted by atomic mass is 16.5. The van der Waals surface area contributed by atoms with Gasteiger partial charge in [-0.2, -0.15) is 0 Å². The van der Waals surface area contributed by atoms with E-state index in [0.717, 1.165) is 12.8 Å². The van der Waals surface area contributed by atoms with E-state index in [4.69, 9.17) is 10.5 Å². The molecule has 1 amide bonds. The van der Waals surface area contributed by atoms with E-state index >= 15 is 0 Å². The first-order valence-electron chi connectivity index (χ1n) is 7.61. The first-order chi connectivity index (χ1) is 10.1. The largest absolute Gasteiger partial charge is 0.389 e. The van der Waals surface area contributed by atoms with Crippen LogP contribution >= 0.6 is 0 Å². The van der Waals surface area contributed by atoms with Crippen LogP contribution in [0, 0.1) is 0 Å². The van der Waals surface area contributed by atoms with E-state index in [0.29, 0.717) is 38.9 Å². The van der Waals surface area contributed by atoms with Crippen LogP contribution in [0.25, 0.3) is 0 Å². The molecule has 0 aromatic rings. The van der Waals surface area contributed by atoms with Crippen LogP contribution in [0.15, 0.2) is 24.3 Å². The van der Waals surface area contributed by atoms with Crippen LogP contribution in [0.4, 0.5) is 0 Å². The third-order valence-electron chi connectivity index (χ3n) is 2.90. The zero-order valence-electron chi connectivity index (χ0n) is 12.9. The molecule has 0 aromatic heterocycles. The van der Waals surface area contributed by atoms with Crippen LogP contribution in [-0.2, 0) is 9.53 Å². The van der Waals surface area contributed by atoms with Crippen molar-refractivity contribution in [3.8, 4) is 0 Å². The lowest BCUT2D eigenvalue weighted by Crippen LogP contribution is -2.11. The van der Waals surface area contributed by atoms with Crippen molar-refractivity contribution in [2.45, 2.75) is 57.7 Å². The van der Waals surface area contributed by atoms with Gasteiger partial charge in [-0.1, -0.05) is 24.3 Å². The van der Waals surface area contributed by atoms with Gasteiger partial charge < -0.3 is 20.7 Å². The molecule has 2 atom stereocenters. The summed E-state index contributed by atoms with van der Waals surface area (Å²) < 4.78 is 5.16. The molecule has 0 heterocycles. The molecule has 2 unspecified atom stereocenters. The Hall–Kier alpha value is -1.17. The lowest BCUT2D eigenvalue weighted by Gasteiger charge is -2.05. The number of aliphatic hydroxyl groups is 2. The standard InChI is InChI=1S/C16H29NO4/c1-2-21-13-12-15(19)9-6-4-3-5-8-14(18)10-7-11-16(17)20/h5-6,8-9,14-15,18-19H,2-4,7,10-13H2,1H3,(H2,17,20)/b8-5-,9-6+. The maximum absolute atomic E-state index is 10.5. The van der Waals surface area contributed by atoms with E-state index in [-0.39, 0.29) is 5.91 Å². The van der Waals surface area contributed by atoms with Gasteiger partial charge in [0.2, 0.25) is 5.91 Å². The first-order valence-corrected chi connectivity index (χ1v) is 7.61. The van der Waals surface area contributed by atoms with Gasteiger partial charge in [-0.05, 0) is 32.6 Å². The number of aliphatic hydroxyl groups excluding tert-OH is 2. The number of carbonyl (C=O) groups excluding carboxylic acids is 1. The number of unbranched alkanes of at least 4 members (excludes halogenated alkanes) is 1. The Balaban J connectivity index is 3.59. The van der Waals surface area contributed by atoms with Crippen molar-refractivity contribution in [1.29, 1.82) is 0 Å². The Morgan fingerprint density at radius 2 is 1.71 bits per heavy atom. The van der Waals surface area contributed by atoms with E-state index in [9.17, 15) is 15.0 Å². The molecule has 0 saturated carbocycles. The SMILES string of the molecule is CCOCCC(O)/C=C/CC/C=C\C(O)CCCC(N)=O. The van der Waals surface area contributed by atoms with Crippen LogP contribution in [0.2, 0.25) is 0 Å². The summed E-state index contributed by atoms with van der Waals surface area (Å²) in [5.41, 5.74) is 5.02. The van der Waals surface area contributed by atoms with Crippen molar-refractivity contribution in [3.05, 3.63) is 24.3 Å². The summed E-state index contributed by atoms with van der Waals surface area (Å²) in [6.45, 7) is 3.17. The van der Waals surface area contributed by atoms with E-state index in [1.165, 1.54) is 0 Å². The molecular weight excluding hydrogens is 270 g/mol. The van der Waals surface area contributed by atoms with Crippen molar-refractivity contribution < 1.29 is 19.7 Å². The second kappa shape index (κ2) is 13.8. The summed E-state index contributed by atoms with van der Waals surface area (Å²) in [6, 6.07) is 0. The summed E-state index contributed by atoms with van der Waals surface area (Å²) in [5, 5.41) is 19.2. The fourth-order valence-electron chi connectivity index (χ4n) is 1.73. The fraction of sp³-hybridized carbons (Fsp3) is 0.688. The molecule has 5 nitrogen and oxygen atoms in total. The van der Waals surface area contributed by atoms with Crippen molar-refractivity contribution >= 4 is 5.91 Å². The van der Waals surface area contributed by atoms with Crippen LogP contribution in [-0.4, -0.2) is 41.5 Å². The summed E-state index contributed by atoms with van der Waals surface area (Å²) in [6.07, 6.45) is 10.1. The predicted molar refractivity (Wildman–Crippen MR) is 83.7 cm³/mol. The Morgan fingerprint density at radius 1 is 1.14 bits per heavy atom. The van der Waals surface area contributed by atoms with Gasteiger partial charge in [0.15, 0.2) is 0 Å². The Morgan fingerprint density at radius 3 is 2.24 bits per heavy atom. The molecule has 0 rings (SSSR count). The zero-order valence-corrected chi connectivity index (χ0v) is 12.9. The fourth-order valence-corrected chi connectivity index (χ4v) is 1.73. The van der Waals surface area contributed by atoms with Gasteiger partial charge in [-0.3, -0.25) is 4.79 Å². The van der Waals surface area contributed by atoms with Crippen LogP contribution < -0.4 is 5.73 Å². The highest BCUT2D eigenvalue weighted by Gasteiger charge is 2.00. The smallest absolute Gasteiger partial charge is 0.217 e. The van der Waals surface area contributed by atoms with Crippen molar-refractivity contribution in [3.63, 3.8) is 0 Å². The maximum atomic E-state index is 10.5. The monoisotopic (exact) mass is 299 g/mol. The molecule has 4 N–H and O–H groups in total. The van der Waals surface area contributed by atoms with Gasteiger partial charge >= 0.3 is 0 Å². The molecule has 21 heavy (non-hydrogen) atoms. The van der Waals surface area contributed by atoms with Crippen LogP contribution in [0.5, 0.6) is 0 Å². The van der Waals surface area contributed by atoms with Crippen LogP contribution in [0.1, 0.15) is 45.4 Å². The predicted octanol–water partition coefficient (Wildman–Crippen LogP) is 1.68. The maximum Gasteiger partial charge on any atom is 0.217 e. The number of hydrogen-bond donors (Lipinski definition) is 3. The summed E-state index contributed by atoms with van der Waals surface area (Å²) >= 11 is 0. The average Bonchev–Trinajstić information content (AvgIpc) is 2.42. The average molecular weight is 299 g/mol. The quantitative estimate of drug-likeness (QED) is 0.356. The van der Waals surface area contributed by atoms with Gasteiger partial charge in [0.05, 0.1) is 12.2 Å². The highest BCUT2D eigenvalue weighted by molar-refractivity contribution is 5.73. The van der Waals surface area contributed by atoms with Gasteiger partial charge in [-0.25, -0.2) is 0 Å². The summed E-state index contributed by atoms with van der Waals surface area (Å²) in [4.78, 5) is 10.5. The Labute approximate surface area is 127 Å². The first kappa shape index (κ1) is 19.8. The second-order valence-corrected chi connectivity index (χ2v) is 4.91. The molecule has 0 aliphatic heterocycles. The molecule has 0 spiro atoms. The molecule has 0 aromatic carbocycles. The second-order valence-electron chi connectivity index (χ2n) is 4.91. The third kappa shape index (κ3) is 15.0. The minimum absolute atomic E-state index is 0.313. The van der Waals surface area contributed by atoms with Crippen molar-refractivity contribution in [2.24, 2.45) is 5.73 Å². The Kier molecular flexibility index (Phi) is 13.0. The molecule has 0 saturated heterocycles. The van der Waals surface area contributed by atoms with E-state index in [2.05, 4.69) is 0 Å². The van der Waals surface area contributed by atoms with Crippen molar-refractivity contribution in [1.82, 2.24) is 0 Å². The molecule has 0 fully saturated rings. The summed E-state index contributed by atoms with van der Waals surface area (Å²) in [7, 11) is 0. The van der Waals surface area contributed by atoms with Crippen LogP contribution in [0.3, 0.4) is 0 Å².